The number of halogens is 1. The van der Waals surface area contributed by atoms with Crippen molar-refractivity contribution in [3.63, 3.8) is 0 Å². The molecular formula is C21H36IN7. The smallest absolute Gasteiger partial charge is 0.225 e. The van der Waals surface area contributed by atoms with Crippen LogP contribution in [0.15, 0.2) is 23.5 Å². The lowest BCUT2D eigenvalue weighted by atomic mass is 9.86. The maximum absolute atomic E-state index is 4.55. The minimum absolute atomic E-state index is 0. The summed E-state index contributed by atoms with van der Waals surface area (Å²) < 4.78 is 0. The van der Waals surface area contributed by atoms with Gasteiger partial charge in [0.2, 0.25) is 5.95 Å². The van der Waals surface area contributed by atoms with E-state index in [-0.39, 0.29) is 24.0 Å². The third kappa shape index (κ3) is 5.71. The number of hydrogen-bond donors (Lipinski definition) is 1. The Hall–Kier alpha value is -1.16. The number of hydrogen-bond acceptors (Lipinski definition) is 5. The molecule has 29 heavy (non-hydrogen) atoms. The maximum Gasteiger partial charge on any atom is 0.225 e. The van der Waals surface area contributed by atoms with E-state index < -0.39 is 0 Å². The molecule has 1 aromatic heterocycles. The zero-order chi connectivity index (χ0) is 19.2. The Bertz CT molecular complexity index is 640. The number of aliphatic imine (C=N–C) groups is 1. The highest BCUT2D eigenvalue weighted by Crippen LogP contribution is 2.45. The second-order valence-corrected chi connectivity index (χ2v) is 8.58. The van der Waals surface area contributed by atoms with Gasteiger partial charge in [0.15, 0.2) is 5.96 Å². The van der Waals surface area contributed by atoms with E-state index in [0.717, 1.165) is 57.6 Å². The molecule has 1 N–H and O–H groups in total. The Kier molecular flexibility index (Phi) is 8.35. The summed E-state index contributed by atoms with van der Waals surface area (Å²) in [6.45, 7) is 8.70. The molecule has 4 rings (SSSR count). The van der Waals surface area contributed by atoms with Gasteiger partial charge in [0, 0.05) is 65.3 Å². The summed E-state index contributed by atoms with van der Waals surface area (Å²) in [7, 11) is 1.92. The molecule has 2 saturated heterocycles. The van der Waals surface area contributed by atoms with Crippen molar-refractivity contribution >= 4 is 35.9 Å². The van der Waals surface area contributed by atoms with Crippen molar-refractivity contribution in [3.05, 3.63) is 18.5 Å². The molecule has 0 unspecified atom stereocenters. The van der Waals surface area contributed by atoms with Gasteiger partial charge in [-0.3, -0.25) is 9.89 Å². The second kappa shape index (κ2) is 10.7. The van der Waals surface area contributed by atoms with Gasteiger partial charge in [-0.2, -0.15) is 0 Å². The van der Waals surface area contributed by atoms with E-state index in [9.17, 15) is 0 Å². The highest BCUT2D eigenvalue weighted by atomic mass is 127. The molecule has 8 heteroatoms. The van der Waals surface area contributed by atoms with Crippen LogP contribution < -0.4 is 10.2 Å². The number of piperazine rings is 1. The fraction of sp³-hybridized carbons (Fsp3) is 0.762. The summed E-state index contributed by atoms with van der Waals surface area (Å²) in [5.41, 5.74) is 0.597. The van der Waals surface area contributed by atoms with Crippen LogP contribution in [0.3, 0.4) is 0 Å². The molecule has 2 aliphatic heterocycles. The van der Waals surface area contributed by atoms with Crippen LogP contribution in [0.25, 0.3) is 0 Å². The number of anilines is 1. The van der Waals surface area contributed by atoms with Gasteiger partial charge in [-0.1, -0.05) is 12.8 Å². The summed E-state index contributed by atoms with van der Waals surface area (Å²) in [5, 5.41) is 3.61. The molecule has 0 bridgehead atoms. The lowest BCUT2D eigenvalue weighted by Gasteiger charge is -2.34. The SMILES string of the molecule is CN=C(NCCCN1CCN(c2ncccn2)CC1)N1CCC2(CCCC2)C1.I. The molecule has 0 amide bonds. The Morgan fingerprint density at radius 3 is 2.48 bits per heavy atom. The molecule has 3 fully saturated rings. The third-order valence-corrected chi connectivity index (χ3v) is 6.76. The van der Waals surface area contributed by atoms with Gasteiger partial charge in [0.1, 0.15) is 0 Å². The first-order valence-corrected chi connectivity index (χ1v) is 11.0. The molecule has 3 aliphatic rings. The molecule has 7 nitrogen and oxygen atoms in total. The van der Waals surface area contributed by atoms with Gasteiger partial charge in [-0.15, -0.1) is 24.0 Å². The standard InChI is InChI=1S/C21H35N7.HI/c1-22-19(28-13-8-21(18-28)6-2-3-7-21)23-11-5-12-26-14-16-27(17-15-26)20-24-9-4-10-25-20;/h4,9-10H,2-3,5-8,11-18H2,1H3,(H,22,23);1H. The van der Waals surface area contributed by atoms with Crippen molar-refractivity contribution in [2.24, 2.45) is 10.4 Å². The van der Waals surface area contributed by atoms with Gasteiger partial charge in [0.25, 0.3) is 0 Å². The first kappa shape index (κ1) is 22.5. The molecular weight excluding hydrogens is 477 g/mol. The van der Waals surface area contributed by atoms with Crippen molar-refractivity contribution in [1.29, 1.82) is 0 Å². The number of guanidine groups is 1. The predicted octanol–water partition coefficient (Wildman–Crippen LogP) is 2.45. The number of aromatic nitrogens is 2. The van der Waals surface area contributed by atoms with E-state index in [0.29, 0.717) is 5.41 Å². The van der Waals surface area contributed by atoms with E-state index in [2.05, 4.69) is 35.0 Å². The van der Waals surface area contributed by atoms with Crippen LogP contribution in [0.2, 0.25) is 0 Å². The van der Waals surface area contributed by atoms with E-state index in [1.54, 1.807) is 0 Å². The average Bonchev–Trinajstić information content (AvgIpc) is 3.39. The zero-order valence-electron chi connectivity index (χ0n) is 17.7. The van der Waals surface area contributed by atoms with Gasteiger partial charge >= 0.3 is 0 Å². The normalized spacial score (nSPS) is 22.2. The molecule has 3 heterocycles. The van der Waals surface area contributed by atoms with E-state index in [1.165, 1.54) is 45.2 Å². The zero-order valence-corrected chi connectivity index (χ0v) is 20.1. The summed E-state index contributed by atoms with van der Waals surface area (Å²) in [6.07, 6.45) is 11.8. The number of nitrogens with one attached hydrogen (secondary N) is 1. The fourth-order valence-corrected chi connectivity index (χ4v) is 5.11. The van der Waals surface area contributed by atoms with Crippen LogP contribution in [0.4, 0.5) is 5.95 Å². The summed E-state index contributed by atoms with van der Waals surface area (Å²) >= 11 is 0. The van der Waals surface area contributed by atoms with Crippen LogP contribution in [0.1, 0.15) is 38.5 Å². The van der Waals surface area contributed by atoms with Gasteiger partial charge in [-0.05, 0) is 43.7 Å². The molecule has 1 aromatic rings. The topological polar surface area (TPSA) is 59.9 Å². The Labute approximate surface area is 192 Å². The van der Waals surface area contributed by atoms with E-state index >= 15 is 0 Å². The van der Waals surface area contributed by atoms with Gasteiger partial charge < -0.3 is 15.1 Å². The Balaban J connectivity index is 0.00000240. The first-order chi connectivity index (χ1) is 13.8. The van der Waals surface area contributed by atoms with Crippen molar-refractivity contribution < 1.29 is 0 Å². The maximum atomic E-state index is 4.55. The number of rotatable bonds is 5. The molecule has 1 saturated carbocycles. The monoisotopic (exact) mass is 513 g/mol. The second-order valence-electron chi connectivity index (χ2n) is 8.58. The quantitative estimate of drug-likeness (QED) is 0.283. The molecule has 1 aliphatic carbocycles. The summed E-state index contributed by atoms with van der Waals surface area (Å²) in [4.78, 5) is 20.6. The lowest BCUT2D eigenvalue weighted by molar-refractivity contribution is 0.253. The third-order valence-electron chi connectivity index (χ3n) is 6.76. The molecule has 0 radical (unpaired) electrons. The molecule has 1 spiro atoms. The summed E-state index contributed by atoms with van der Waals surface area (Å²) in [6, 6.07) is 1.87. The number of likely N-dealkylation sites (tertiary alicyclic amines) is 1. The van der Waals surface area contributed by atoms with Crippen LogP contribution in [0.5, 0.6) is 0 Å². The highest BCUT2D eigenvalue weighted by Gasteiger charge is 2.41. The molecule has 162 valence electrons. The number of nitrogens with zero attached hydrogens (tertiary/aromatic N) is 6. The first-order valence-electron chi connectivity index (χ1n) is 11.0. The highest BCUT2D eigenvalue weighted by molar-refractivity contribution is 14.0. The lowest BCUT2D eigenvalue weighted by Crippen LogP contribution is -2.48. The van der Waals surface area contributed by atoms with Crippen molar-refractivity contribution in [1.82, 2.24) is 25.1 Å². The van der Waals surface area contributed by atoms with Gasteiger partial charge in [-0.25, -0.2) is 9.97 Å². The Morgan fingerprint density at radius 1 is 1.07 bits per heavy atom. The minimum atomic E-state index is 0. The fourth-order valence-electron chi connectivity index (χ4n) is 5.11. The summed E-state index contributed by atoms with van der Waals surface area (Å²) in [5.74, 6) is 1.97. The minimum Gasteiger partial charge on any atom is -0.356 e. The largest absolute Gasteiger partial charge is 0.356 e. The Morgan fingerprint density at radius 2 is 1.79 bits per heavy atom. The average molecular weight is 513 g/mol. The molecule has 0 atom stereocenters. The predicted molar refractivity (Wildman–Crippen MR) is 129 cm³/mol. The van der Waals surface area contributed by atoms with E-state index in [1.807, 2.05) is 25.5 Å². The molecule has 0 aromatic carbocycles. The van der Waals surface area contributed by atoms with E-state index in [4.69, 9.17) is 0 Å². The van der Waals surface area contributed by atoms with Crippen LogP contribution in [0, 0.1) is 5.41 Å². The van der Waals surface area contributed by atoms with Crippen molar-refractivity contribution in [2.45, 2.75) is 38.5 Å². The van der Waals surface area contributed by atoms with Crippen LogP contribution >= 0.6 is 24.0 Å². The van der Waals surface area contributed by atoms with Gasteiger partial charge in [0.05, 0.1) is 0 Å². The van der Waals surface area contributed by atoms with Crippen molar-refractivity contribution in [2.75, 3.05) is 64.3 Å². The van der Waals surface area contributed by atoms with Crippen LogP contribution in [-0.4, -0.2) is 85.1 Å². The van der Waals surface area contributed by atoms with Crippen molar-refractivity contribution in [3.8, 4) is 0 Å². The van der Waals surface area contributed by atoms with Crippen LogP contribution in [-0.2, 0) is 0 Å².